The monoisotopic (exact) mass is 259 g/mol. The van der Waals surface area contributed by atoms with E-state index < -0.39 is 11.5 Å². The molecule has 0 aromatic heterocycles. The quantitative estimate of drug-likeness (QED) is 0.547. The Kier molecular flexibility index (Phi) is 6.60. The van der Waals surface area contributed by atoms with Gasteiger partial charge in [0.05, 0.1) is 19.8 Å². The Morgan fingerprint density at radius 3 is 2.50 bits per heavy atom. The number of hydrogen-bond acceptors (Lipinski definition) is 4. The summed E-state index contributed by atoms with van der Waals surface area (Å²) in [7, 11) is 0. The predicted molar refractivity (Wildman–Crippen MR) is 68.7 cm³/mol. The molecule has 0 saturated heterocycles. The molecule has 5 heteroatoms. The van der Waals surface area contributed by atoms with Crippen molar-refractivity contribution >= 4 is 5.97 Å². The molecule has 106 valence electrons. The summed E-state index contributed by atoms with van der Waals surface area (Å²) in [6.45, 7) is 6.51. The van der Waals surface area contributed by atoms with Crippen LogP contribution < -0.4 is 5.32 Å². The summed E-state index contributed by atoms with van der Waals surface area (Å²) in [6, 6.07) is 0. The molecule has 1 aliphatic carbocycles. The van der Waals surface area contributed by atoms with E-state index in [0.717, 1.165) is 19.3 Å². The van der Waals surface area contributed by atoms with E-state index in [0.29, 0.717) is 26.4 Å². The lowest BCUT2D eigenvalue weighted by Crippen LogP contribution is -2.57. The number of ether oxygens (including phenoxy) is 2. The highest BCUT2D eigenvalue weighted by Crippen LogP contribution is 2.40. The Morgan fingerprint density at radius 2 is 2.00 bits per heavy atom. The largest absolute Gasteiger partial charge is 0.480 e. The van der Waals surface area contributed by atoms with Gasteiger partial charge in [-0.15, -0.1) is 0 Å². The van der Waals surface area contributed by atoms with Crippen LogP contribution >= 0.6 is 0 Å². The van der Waals surface area contributed by atoms with Crippen LogP contribution in [0.5, 0.6) is 0 Å². The lowest BCUT2D eigenvalue weighted by Gasteiger charge is -2.30. The van der Waals surface area contributed by atoms with Crippen molar-refractivity contribution in [1.82, 2.24) is 5.32 Å². The molecule has 0 heterocycles. The van der Waals surface area contributed by atoms with E-state index in [1.165, 1.54) is 0 Å². The number of aliphatic carboxylic acids is 1. The predicted octanol–water partition coefficient (Wildman–Crippen LogP) is 1.27. The van der Waals surface area contributed by atoms with E-state index in [2.05, 4.69) is 5.32 Å². The number of nitrogens with one attached hydrogen (secondary N) is 1. The third-order valence-corrected chi connectivity index (χ3v) is 3.25. The van der Waals surface area contributed by atoms with E-state index >= 15 is 0 Å². The van der Waals surface area contributed by atoms with Crippen LogP contribution in [-0.4, -0.2) is 49.6 Å². The molecule has 0 spiro atoms. The van der Waals surface area contributed by atoms with E-state index in [1.54, 1.807) is 0 Å². The minimum absolute atomic E-state index is 0.202. The maximum atomic E-state index is 11.6. The van der Waals surface area contributed by atoms with Gasteiger partial charge in [0, 0.05) is 6.61 Å². The van der Waals surface area contributed by atoms with Gasteiger partial charge in [0.15, 0.2) is 0 Å². The summed E-state index contributed by atoms with van der Waals surface area (Å²) in [6.07, 6.45) is 2.86. The summed E-state index contributed by atoms with van der Waals surface area (Å²) >= 11 is 0. The maximum Gasteiger partial charge on any atom is 0.326 e. The summed E-state index contributed by atoms with van der Waals surface area (Å²) < 4.78 is 10.7. The van der Waals surface area contributed by atoms with Gasteiger partial charge in [0.2, 0.25) is 0 Å². The molecule has 0 amide bonds. The van der Waals surface area contributed by atoms with Gasteiger partial charge in [0.25, 0.3) is 0 Å². The van der Waals surface area contributed by atoms with Crippen molar-refractivity contribution < 1.29 is 19.4 Å². The fourth-order valence-electron chi connectivity index (χ4n) is 2.04. The Hall–Kier alpha value is -0.650. The van der Waals surface area contributed by atoms with Crippen molar-refractivity contribution in [3.8, 4) is 0 Å². The molecule has 1 unspecified atom stereocenters. The first-order chi connectivity index (χ1) is 8.67. The molecule has 0 bridgehead atoms. The number of hydrogen-bond donors (Lipinski definition) is 2. The number of carbonyl (C=O) groups is 1. The van der Waals surface area contributed by atoms with Gasteiger partial charge in [-0.05, 0) is 38.6 Å². The standard InChI is InChI=1S/C13H25NO4/c1-3-7-14-13(12(15)16,11-5-6-11)10-18-9-8-17-4-2/h11,14H,3-10H2,1-2H3,(H,15,16). The molecule has 1 fully saturated rings. The smallest absolute Gasteiger partial charge is 0.326 e. The first-order valence-electron chi connectivity index (χ1n) is 6.81. The second kappa shape index (κ2) is 7.71. The van der Waals surface area contributed by atoms with Crippen molar-refractivity contribution in [2.24, 2.45) is 5.92 Å². The van der Waals surface area contributed by atoms with Crippen LogP contribution in [0.25, 0.3) is 0 Å². The molecule has 0 radical (unpaired) electrons. The molecule has 5 nitrogen and oxygen atoms in total. The Labute approximate surface area is 109 Å². The maximum absolute atomic E-state index is 11.6. The molecule has 2 N–H and O–H groups in total. The Balaban J connectivity index is 2.45. The fraction of sp³-hybridized carbons (Fsp3) is 0.923. The molecule has 0 aromatic rings. The van der Waals surface area contributed by atoms with Crippen LogP contribution in [-0.2, 0) is 14.3 Å². The van der Waals surface area contributed by atoms with Crippen molar-refractivity contribution in [3.63, 3.8) is 0 Å². The van der Waals surface area contributed by atoms with E-state index in [1.807, 2.05) is 13.8 Å². The SMILES string of the molecule is CCCNC(COCCOCC)(C(=O)O)C1CC1. The van der Waals surface area contributed by atoms with E-state index in [4.69, 9.17) is 9.47 Å². The lowest BCUT2D eigenvalue weighted by atomic mass is 9.94. The molecule has 0 aromatic carbocycles. The first-order valence-corrected chi connectivity index (χ1v) is 6.81. The van der Waals surface area contributed by atoms with Gasteiger partial charge in [-0.1, -0.05) is 6.92 Å². The molecule has 1 atom stereocenters. The van der Waals surface area contributed by atoms with Crippen LogP contribution in [0.4, 0.5) is 0 Å². The highest BCUT2D eigenvalue weighted by Gasteiger charge is 2.51. The van der Waals surface area contributed by atoms with Crippen molar-refractivity contribution in [1.29, 1.82) is 0 Å². The Bertz CT molecular complexity index is 255. The minimum atomic E-state index is -0.901. The van der Waals surface area contributed by atoms with Crippen LogP contribution in [0.3, 0.4) is 0 Å². The van der Waals surface area contributed by atoms with Crippen LogP contribution in [0, 0.1) is 5.92 Å². The zero-order chi connectivity index (χ0) is 13.4. The summed E-state index contributed by atoms with van der Waals surface area (Å²) in [5.41, 5.74) is -0.901. The van der Waals surface area contributed by atoms with Crippen LogP contribution in [0.2, 0.25) is 0 Å². The highest BCUT2D eigenvalue weighted by molar-refractivity contribution is 5.80. The number of carboxylic acids is 1. The summed E-state index contributed by atoms with van der Waals surface area (Å²) in [4.78, 5) is 11.6. The molecular weight excluding hydrogens is 234 g/mol. The van der Waals surface area contributed by atoms with Gasteiger partial charge in [-0.3, -0.25) is 10.1 Å². The second-order valence-corrected chi connectivity index (χ2v) is 4.73. The molecule has 1 aliphatic rings. The Morgan fingerprint density at radius 1 is 1.33 bits per heavy atom. The molecule has 1 saturated carbocycles. The van der Waals surface area contributed by atoms with Gasteiger partial charge < -0.3 is 14.6 Å². The second-order valence-electron chi connectivity index (χ2n) is 4.73. The van der Waals surface area contributed by atoms with E-state index in [9.17, 15) is 9.90 Å². The zero-order valence-corrected chi connectivity index (χ0v) is 11.4. The average molecular weight is 259 g/mol. The summed E-state index contributed by atoms with van der Waals surface area (Å²) in [5, 5.41) is 12.7. The van der Waals surface area contributed by atoms with Gasteiger partial charge >= 0.3 is 5.97 Å². The number of carboxylic acid groups (broad SMARTS) is 1. The zero-order valence-electron chi connectivity index (χ0n) is 11.4. The molecule has 1 rings (SSSR count). The van der Waals surface area contributed by atoms with E-state index in [-0.39, 0.29) is 12.5 Å². The normalized spacial score (nSPS) is 18.6. The fourth-order valence-corrected chi connectivity index (χ4v) is 2.04. The molecule has 18 heavy (non-hydrogen) atoms. The van der Waals surface area contributed by atoms with Crippen molar-refractivity contribution in [2.45, 2.75) is 38.6 Å². The van der Waals surface area contributed by atoms with Gasteiger partial charge in [-0.2, -0.15) is 0 Å². The first kappa shape index (κ1) is 15.4. The topological polar surface area (TPSA) is 67.8 Å². The third kappa shape index (κ3) is 4.23. The molecular formula is C13H25NO4. The van der Waals surface area contributed by atoms with Crippen molar-refractivity contribution in [2.75, 3.05) is 33.0 Å². The summed E-state index contributed by atoms with van der Waals surface area (Å²) in [5.74, 6) is -0.594. The van der Waals surface area contributed by atoms with Crippen LogP contribution in [0.1, 0.15) is 33.1 Å². The van der Waals surface area contributed by atoms with Gasteiger partial charge in [-0.25, -0.2) is 0 Å². The average Bonchev–Trinajstić information content (AvgIpc) is 3.17. The lowest BCUT2D eigenvalue weighted by molar-refractivity contribution is -0.149. The number of rotatable bonds is 11. The molecule has 0 aliphatic heterocycles. The van der Waals surface area contributed by atoms with Crippen LogP contribution in [0.15, 0.2) is 0 Å². The highest BCUT2D eigenvalue weighted by atomic mass is 16.5. The third-order valence-electron chi connectivity index (χ3n) is 3.25. The van der Waals surface area contributed by atoms with Crippen molar-refractivity contribution in [3.05, 3.63) is 0 Å². The van der Waals surface area contributed by atoms with Gasteiger partial charge in [0.1, 0.15) is 5.54 Å². The minimum Gasteiger partial charge on any atom is -0.480 e.